The Morgan fingerprint density at radius 3 is 1.65 bits per heavy atom. The van der Waals surface area contributed by atoms with Crippen LogP contribution in [0.25, 0.3) is 0 Å². The second-order valence-corrected chi connectivity index (χ2v) is 13.2. The molecule has 18 nitrogen and oxygen atoms in total. The van der Waals surface area contributed by atoms with Crippen molar-refractivity contribution < 1.29 is 19.0 Å². The molecule has 1 fully saturated rings. The molecule has 0 unspecified atom stereocenters. The molecule has 0 spiro atoms. The van der Waals surface area contributed by atoms with Crippen molar-refractivity contribution in [1.82, 2.24) is 39.7 Å². The summed E-state index contributed by atoms with van der Waals surface area (Å²) >= 11 is 0. The number of ether oxygens (including phenoxy) is 3. The molecular weight excluding hydrogens is 705 g/mol. The molecular formula is C37H48N14O4. The highest BCUT2D eigenvalue weighted by Gasteiger charge is 2.26. The van der Waals surface area contributed by atoms with Crippen molar-refractivity contribution in [2.75, 3.05) is 83.8 Å². The van der Waals surface area contributed by atoms with E-state index in [-0.39, 0.29) is 35.4 Å². The third kappa shape index (κ3) is 12.1. The van der Waals surface area contributed by atoms with Crippen LogP contribution in [0.4, 0.5) is 34.6 Å². The number of methoxy groups -OCH3 is 1. The fourth-order valence-corrected chi connectivity index (χ4v) is 5.40. The first-order valence-corrected chi connectivity index (χ1v) is 17.5. The van der Waals surface area contributed by atoms with E-state index in [4.69, 9.17) is 14.2 Å². The van der Waals surface area contributed by atoms with Crippen molar-refractivity contribution in [1.29, 1.82) is 10.5 Å². The Morgan fingerprint density at radius 2 is 1.24 bits per heavy atom. The number of likely N-dealkylation sites (N-methyl/N-ethyl adjacent to an activating group) is 2. The molecule has 4 heterocycles. The van der Waals surface area contributed by atoms with Gasteiger partial charge in [0.05, 0.1) is 25.2 Å². The average molecular weight is 753 g/mol. The van der Waals surface area contributed by atoms with E-state index in [0.717, 1.165) is 5.69 Å². The summed E-state index contributed by atoms with van der Waals surface area (Å²) in [7, 11) is 12.7. The van der Waals surface area contributed by atoms with Crippen LogP contribution in [0.1, 0.15) is 59.9 Å². The first-order chi connectivity index (χ1) is 26.4. The number of anilines is 6. The molecule has 0 aromatic carbocycles. The minimum Gasteiger partial charge on any atom is -0.471 e. The van der Waals surface area contributed by atoms with Gasteiger partial charge in [0.25, 0.3) is 11.8 Å². The van der Waals surface area contributed by atoms with Gasteiger partial charge >= 0.3 is 5.97 Å². The van der Waals surface area contributed by atoms with E-state index in [1.165, 1.54) is 44.1 Å². The van der Waals surface area contributed by atoms with Gasteiger partial charge in [-0.05, 0) is 66.4 Å². The molecule has 1 aliphatic rings. The molecule has 1 aliphatic carbocycles. The van der Waals surface area contributed by atoms with Crippen LogP contribution in [-0.4, -0.2) is 120 Å². The summed E-state index contributed by atoms with van der Waals surface area (Å²) in [6.45, 7) is 5.18. The summed E-state index contributed by atoms with van der Waals surface area (Å²) in [5.74, 6) is 2.41. The maximum Gasteiger partial charge on any atom is 0.341 e. The normalized spacial score (nSPS) is 13.0. The lowest BCUT2D eigenvalue weighted by Crippen LogP contribution is -2.28. The van der Waals surface area contributed by atoms with Gasteiger partial charge in [0.15, 0.2) is 11.6 Å². The standard InChI is InChI=1S/C19H25N7O.C18H23N7O3/c1-12(11-26(3)4)27-19-16(8-20)22-10-18(25-19)24-17-7-15(21-2)14(9-23-17)13-5-6-13;1-11(10-25(3)4)28-17-14(7-19)21-9-16(24-17)23-15-6-13(20-2)12(8-22-15)18(26)27-5/h7,9-10,12-13H,5-6,11H2,1-4H3,(H2,21,23,24,25);6,8-9,11H,10H2,1-5H3,(H2,20,22,23,24)/t12-;11-/m11/s1. The van der Waals surface area contributed by atoms with Crippen LogP contribution in [0.3, 0.4) is 0 Å². The number of esters is 1. The molecule has 5 rings (SSSR count). The quantitative estimate of drug-likeness (QED) is 0.117. The highest BCUT2D eigenvalue weighted by molar-refractivity contribution is 5.95. The predicted molar refractivity (Wildman–Crippen MR) is 208 cm³/mol. The molecule has 0 aliphatic heterocycles. The summed E-state index contributed by atoms with van der Waals surface area (Å²) < 4.78 is 16.3. The number of nitrogens with one attached hydrogen (secondary N) is 4. The van der Waals surface area contributed by atoms with Crippen molar-refractivity contribution in [2.45, 2.75) is 44.8 Å². The number of nitrogens with zero attached hydrogens (tertiary/aromatic N) is 10. The van der Waals surface area contributed by atoms with Crippen LogP contribution in [-0.2, 0) is 4.74 Å². The summed E-state index contributed by atoms with van der Waals surface area (Å²) in [4.78, 5) is 41.4. The molecule has 18 heteroatoms. The first-order valence-electron chi connectivity index (χ1n) is 17.5. The van der Waals surface area contributed by atoms with E-state index < -0.39 is 5.97 Å². The van der Waals surface area contributed by atoms with Crippen LogP contribution < -0.4 is 30.7 Å². The van der Waals surface area contributed by atoms with Crippen LogP contribution in [0.2, 0.25) is 0 Å². The zero-order valence-corrected chi connectivity index (χ0v) is 32.6. The number of hydrogen-bond acceptors (Lipinski definition) is 18. The van der Waals surface area contributed by atoms with E-state index >= 15 is 0 Å². The Balaban J connectivity index is 0.000000245. The SMILES string of the molecule is CNc1cc(Nc2cnc(C#N)c(O[C@H](C)CN(C)C)n2)ncc1C(=O)OC.CNc1cc(Nc2cnc(C#N)c(O[C@H](C)CN(C)C)n2)ncc1C1CC1. The van der Waals surface area contributed by atoms with Crippen LogP contribution in [0, 0.1) is 22.7 Å². The Hall–Kier alpha value is -6.37. The second-order valence-electron chi connectivity index (χ2n) is 13.2. The highest BCUT2D eigenvalue weighted by Crippen LogP contribution is 2.43. The Labute approximate surface area is 321 Å². The molecule has 0 amide bonds. The van der Waals surface area contributed by atoms with E-state index in [2.05, 4.69) is 51.2 Å². The molecule has 0 radical (unpaired) electrons. The van der Waals surface area contributed by atoms with Crippen LogP contribution >= 0.6 is 0 Å². The minimum atomic E-state index is -0.493. The average Bonchev–Trinajstić information content (AvgIpc) is 4.00. The third-order valence-electron chi connectivity index (χ3n) is 7.88. The largest absolute Gasteiger partial charge is 0.471 e. The Bertz CT molecular complexity index is 2010. The number of rotatable bonds is 16. The van der Waals surface area contributed by atoms with Gasteiger partial charge in [-0.3, -0.25) is 0 Å². The number of aromatic nitrogens is 6. The number of carbonyl (C=O) groups excluding carboxylic acids is 1. The van der Waals surface area contributed by atoms with Gasteiger partial charge in [-0.15, -0.1) is 0 Å². The first kappa shape index (κ1) is 41.4. The third-order valence-corrected chi connectivity index (χ3v) is 7.88. The lowest BCUT2D eigenvalue weighted by molar-refractivity contribution is 0.0601. The molecule has 4 aromatic rings. The number of pyridine rings is 2. The zero-order chi connectivity index (χ0) is 40.1. The molecule has 2 atom stereocenters. The van der Waals surface area contributed by atoms with Crippen LogP contribution in [0.15, 0.2) is 36.9 Å². The van der Waals surface area contributed by atoms with E-state index in [9.17, 15) is 15.3 Å². The lowest BCUT2D eigenvalue weighted by Gasteiger charge is -2.18. The van der Waals surface area contributed by atoms with Gasteiger partial charge in [0, 0.05) is 57.4 Å². The minimum absolute atomic E-state index is 0.0982. The molecule has 4 aromatic heterocycles. The highest BCUT2D eigenvalue weighted by atomic mass is 16.5. The number of hydrogen-bond donors (Lipinski definition) is 4. The van der Waals surface area contributed by atoms with Crippen molar-refractivity contribution in [3.05, 3.63) is 59.4 Å². The fraction of sp³-hybridized carbons (Fsp3) is 0.432. The predicted octanol–water partition coefficient (Wildman–Crippen LogP) is 4.38. The van der Waals surface area contributed by atoms with Gasteiger partial charge < -0.3 is 45.3 Å². The monoisotopic (exact) mass is 752 g/mol. The maximum absolute atomic E-state index is 11.8. The van der Waals surface area contributed by atoms with Gasteiger partial charge in [0.2, 0.25) is 11.4 Å². The van der Waals surface area contributed by atoms with Gasteiger partial charge in [-0.1, -0.05) is 0 Å². The molecule has 290 valence electrons. The van der Waals surface area contributed by atoms with Crippen molar-refractivity contribution in [2.24, 2.45) is 0 Å². The summed E-state index contributed by atoms with van der Waals surface area (Å²) in [6, 6.07) is 7.60. The van der Waals surface area contributed by atoms with E-state index in [1.54, 1.807) is 13.1 Å². The van der Waals surface area contributed by atoms with E-state index in [0.29, 0.717) is 53.5 Å². The van der Waals surface area contributed by atoms with Crippen molar-refractivity contribution in [3.63, 3.8) is 0 Å². The number of nitriles is 2. The van der Waals surface area contributed by atoms with Crippen molar-refractivity contribution >= 4 is 40.6 Å². The van der Waals surface area contributed by atoms with Crippen LogP contribution in [0.5, 0.6) is 11.8 Å². The molecule has 55 heavy (non-hydrogen) atoms. The molecule has 0 saturated heterocycles. The molecule has 4 N–H and O–H groups in total. The van der Waals surface area contributed by atoms with Gasteiger partial charge in [-0.25, -0.2) is 24.7 Å². The molecule has 1 saturated carbocycles. The Kier molecular flexibility index (Phi) is 14.8. The molecule has 0 bridgehead atoms. The smallest absolute Gasteiger partial charge is 0.341 e. The summed E-state index contributed by atoms with van der Waals surface area (Å²) in [5, 5.41) is 30.8. The fourth-order valence-electron chi connectivity index (χ4n) is 5.40. The summed E-state index contributed by atoms with van der Waals surface area (Å²) in [5.41, 5.74) is 3.42. The second kappa shape index (κ2) is 19.6. The Morgan fingerprint density at radius 1 is 0.764 bits per heavy atom. The van der Waals surface area contributed by atoms with Crippen molar-refractivity contribution in [3.8, 4) is 23.9 Å². The number of carbonyl (C=O) groups is 1. The lowest BCUT2D eigenvalue weighted by atomic mass is 10.1. The van der Waals surface area contributed by atoms with Gasteiger partial charge in [0.1, 0.15) is 41.5 Å². The summed E-state index contributed by atoms with van der Waals surface area (Å²) in [6.07, 6.45) is 8.36. The topological polar surface area (TPSA) is 224 Å². The van der Waals surface area contributed by atoms with Gasteiger partial charge in [-0.2, -0.15) is 20.5 Å². The maximum atomic E-state index is 11.8. The van der Waals surface area contributed by atoms with E-state index in [1.807, 2.05) is 83.3 Å². The zero-order valence-electron chi connectivity index (χ0n) is 32.6.